The van der Waals surface area contributed by atoms with Crippen molar-refractivity contribution < 1.29 is 0 Å². The monoisotopic (exact) mass is 450 g/mol. The largest absolute Gasteiger partial charge is 0.365 e. The number of aryl methyl sites for hydroxylation is 1. The maximum atomic E-state index is 4.73. The molecule has 0 atom stereocenters. The lowest BCUT2D eigenvalue weighted by Gasteiger charge is -2.36. The van der Waals surface area contributed by atoms with Crippen molar-refractivity contribution in [2.45, 2.75) is 6.42 Å². The lowest BCUT2D eigenvalue weighted by Crippen LogP contribution is -2.46. The third kappa shape index (κ3) is 3.98. The summed E-state index contributed by atoms with van der Waals surface area (Å²) in [6, 6.07) is 14.6. The maximum Gasteiger partial charge on any atom is 0.128 e. The van der Waals surface area contributed by atoms with Gasteiger partial charge in [-0.3, -0.25) is 9.67 Å². The summed E-state index contributed by atoms with van der Waals surface area (Å²) in [5.41, 5.74) is 6.74. The second-order valence-corrected chi connectivity index (χ2v) is 8.68. The van der Waals surface area contributed by atoms with Gasteiger partial charge in [0.25, 0.3) is 0 Å². The average Bonchev–Trinajstić information content (AvgIpc) is 3.51. The molecule has 0 aliphatic carbocycles. The van der Waals surface area contributed by atoms with Crippen LogP contribution in [-0.2, 0) is 13.5 Å². The Labute approximate surface area is 198 Å². The Balaban J connectivity index is 1.12. The summed E-state index contributed by atoms with van der Waals surface area (Å²) in [6.07, 6.45) is 12.6. The highest BCUT2D eigenvalue weighted by molar-refractivity contribution is 5.75. The van der Waals surface area contributed by atoms with Crippen LogP contribution in [0.25, 0.3) is 16.6 Å². The second-order valence-electron chi connectivity index (χ2n) is 8.68. The van der Waals surface area contributed by atoms with Crippen molar-refractivity contribution in [3.05, 3.63) is 90.9 Å². The fourth-order valence-corrected chi connectivity index (χ4v) is 4.55. The highest BCUT2D eigenvalue weighted by Gasteiger charge is 2.21. The zero-order valence-electron chi connectivity index (χ0n) is 19.1. The van der Waals surface area contributed by atoms with E-state index >= 15 is 0 Å². The van der Waals surface area contributed by atoms with E-state index in [1.54, 1.807) is 0 Å². The van der Waals surface area contributed by atoms with E-state index in [-0.39, 0.29) is 0 Å². The Kier molecular flexibility index (Phi) is 5.18. The van der Waals surface area contributed by atoms with Crippen molar-refractivity contribution in [2.24, 2.45) is 7.05 Å². The van der Waals surface area contributed by atoms with Crippen LogP contribution in [0.5, 0.6) is 0 Å². The van der Waals surface area contributed by atoms with Gasteiger partial charge in [0, 0.05) is 81.3 Å². The number of pyridine rings is 3. The third-order valence-electron chi connectivity index (χ3n) is 6.40. The molecule has 8 nitrogen and oxygen atoms in total. The SMILES string of the molecule is Cn1cc(-c2ccc3c(N4CCN(c5ccc(Cc6ccccn6)cn5)CC4)cnn3c2)cn1. The first-order chi connectivity index (χ1) is 16.7. The van der Waals surface area contributed by atoms with Crippen LogP contribution in [0.3, 0.4) is 0 Å². The Morgan fingerprint density at radius 1 is 0.765 bits per heavy atom. The Bertz CT molecular complexity index is 1400. The smallest absolute Gasteiger partial charge is 0.128 e. The molecule has 0 N–H and O–H groups in total. The van der Waals surface area contributed by atoms with Crippen LogP contribution in [0.4, 0.5) is 11.5 Å². The first kappa shape index (κ1) is 20.4. The van der Waals surface area contributed by atoms with Crippen molar-refractivity contribution >= 4 is 17.0 Å². The molecule has 170 valence electrons. The number of rotatable bonds is 5. The molecule has 1 aliphatic rings. The van der Waals surface area contributed by atoms with Gasteiger partial charge in [-0.1, -0.05) is 18.2 Å². The molecule has 0 spiro atoms. The topological polar surface area (TPSA) is 67.4 Å². The van der Waals surface area contributed by atoms with Crippen molar-refractivity contribution in [3.8, 4) is 11.1 Å². The normalized spacial score (nSPS) is 14.1. The van der Waals surface area contributed by atoms with Gasteiger partial charge in [-0.25, -0.2) is 9.50 Å². The van der Waals surface area contributed by atoms with Crippen LogP contribution in [0.2, 0.25) is 0 Å². The molecule has 5 aromatic heterocycles. The van der Waals surface area contributed by atoms with Crippen molar-refractivity contribution in [1.29, 1.82) is 0 Å². The molecular formula is C26H26N8. The summed E-state index contributed by atoms with van der Waals surface area (Å²) < 4.78 is 3.78. The van der Waals surface area contributed by atoms with Crippen molar-refractivity contribution in [1.82, 2.24) is 29.4 Å². The van der Waals surface area contributed by atoms with Gasteiger partial charge in [0.15, 0.2) is 0 Å². The van der Waals surface area contributed by atoms with E-state index in [0.717, 1.165) is 60.8 Å². The van der Waals surface area contributed by atoms with Crippen LogP contribution in [0.15, 0.2) is 79.6 Å². The summed E-state index contributed by atoms with van der Waals surface area (Å²) in [6.45, 7) is 3.72. The molecule has 1 saturated heterocycles. The van der Waals surface area contributed by atoms with Gasteiger partial charge in [0.05, 0.1) is 23.6 Å². The lowest BCUT2D eigenvalue weighted by atomic mass is 10.1. The molecule has 0 aromatic carbocycles. The Morgan fingerprint density at radius 2 is 1.65 bits per heavy atom. The molecule has 0 saturated carbocycles. The summed E-state index contributed by atoms with van der Waals surface area (Å²) in [5, 5.41) is 8.90. The quantitative estimate of drug-likeness (QED) is 0.409. The van der Waals surface area contributed by atoms with Gasteiger partial charge in [0.2, 0.25) is 0 Å². The molecule has 0 amide bonds. The van der Waals surface area contributed by atoms with Crippen molar-refractivity contribution in [3.63, 3.8) is 0 Å². The maximum absolute atomic E-state index is 4.73. The summed E-state index contributed by atoms with van der Waals surface area (Å²) in [5.74, 6) is 1.03. The first-order valence-electron chi connectivity index (χ1n) is 11.5. The number of hydrogen-bond donors (Lipinski definition) is 0. The average molecular weight is 451 g/mol. The first-order valence-corrected chi connectivity index (χ1v) is 11.5. The minimum atomic E-state index is 0.805. The summed E-state index contributed by atoms with van der Waals surface area (Å²) >= 11 is 0. The molecule has 6 heterocycles. The molecule has 34 heavy (non-hydrogen) atoms. The van der Waals surface area contributed by atoms with E-state index in [0.29, 0.717) is 0 Å². The predicted octanol–water partition coefficient (Wildman–Crippen LogP) is 3.44. The minimum absolute atomic E-state index is 0.805. The molecule has 6 rings (SSSR count). The molecule has 0 unspecified atom stereocenters. The summed E-state index contributed by atoms with van der Waals surface area (Å²) in [4.78, 5) is 13.9. The summed E-state index contributed by atoms with van der Waals surface area (Å²) in [7, 11) is 1.93. The van der Waals surface area contributed by atoms with E-state index in [4.69, 9.17) is 4.98 Å². The fourth-order valence-electron chi connectivity index (χ4n) is 4.55. The Morgan fingerprint density at radius 3 is 2.38 bits per heavy atom. The highest BCUT2D eigenvalue weighted by atomic mass is 15.3. The van der Waals surface area contributed by atoms with E-state index in [9.17, 15) is 0 Å². The van der Waals surface area contributed by atoms with Gasteiger partial charge < -0.3 is 9.80 Å². The van der Waals surface area contributed by atoms with Crippen LogP contribution in [-0.4, -0.2) is 55.5 Å². The van der Waals surface area contributed by atoms with Crippen LogP contribution in [0, 0.1) is 0 Å². The number of aromatic nitrogens is 6. The van der Waals surface area contributed by atoms with Gasteiger partial charge in [-0.2, -0.15) is 10.2 Å². The molecule has 5 aromatic rings. The molecule has 8 heteroatoms. The zero-order chi connectivity index (χ0) is 22.9. The Hall–Kier alpha value is -4.20. The molecule has 0 bridgehead atoms. The second kappa shape index (κ2) is 8.62. The third-order valence-corrected chi connectivity index (χ3v) is 6.40. The zero-order valence-corrected chi connectivity index (χ0v) is 19.1. The molecule has 1 fully saturated rings. The van der Waals surface area contributed by atoms with E-state index in [1.807, 2.05) is 65.4 Å². The van der Waals surface area contributed by atoms with Crippen LogP contribution < -0.4 is 9.80 Å². The van der Waals surface area contributed by atoms with Gasteiger partial charge in [-0.05, 0) is 29.8 Å². The lowest BCUT2D eigenvalue weighted by molar-refractivity contribution is 0.648. The highest BCUT2D eigenvalue weighted by Crippen LogP contribution is 2.27. The fraction of sp³-hybridized carbons (Fsp3) is 0.231. The van der Waals surface area contributed by atoms with Gasteiger partial charge in [-0.15, -0.1) is 0 Å². The molecule has 0 radical (unpaired) electrons. The predicted molar refractivity (Wildman–Crippen MR) is 133 cm³/mol. The standard InChI is InChI=1S/C26H26N8/c1-31-18-22(16-29-31)21-6-7-24-25(17-30-34(24)19-21)32-10-12-33(13-11-32)26-8-5-20(15-28-26)14-23-4-2-3-9-27-23/h2-9,15-19H,10-14H2,1H3. The minimum Gasteiger partial charge on any atom is -0.365 e. The van der Waals surface area contributed by atoms with Gasteiger partial charge in [0.1, 0.15) is 5.82 Å². The number of nitrogens with zero attached hydrogens (tertiary/aromatic N) is 8. The van der Waals surface area contributed by atoms with Crippen LogP contribution in [0.1, 0.15) is 11.3 Å². The number of fused-ring (bicyclic) bond motifs is 1. The van der Waals surface area contributed by atoms with Crippen molar-refractivity contribution in [2.75, 3.05) is 36.0 Å². The van der Waals surface area contributed by atoms with E-state index in [2.05, 4.69) is 55.4 Å². The molecular weight excluding hydrogens is 424 g/mol. The van der Waals surface area contributed by atoms with Gasteiger partial charge >= 0.3 is 0 Å². The van der Waals surface area contributed by atoms with E-state index < -0.39 is 0 Å². The van der Waals surface area contributed by atoms with E-state index in [1.165, 1.54) is 11.3 Å². The number of hydrogen-bond acceptors (Lipinski definition) is 6. The number of piperazine rings is 1. The molecule has 1 aliphatic heterocycles. The van der Waals surface area contributed by atoms with Crippen LogP contribution >= 0.6 is 0 Å². The number of anilines is 2.